The van der Waals surface area contributed by atoms with Gasteiger partial charge in [-0.25, -0.2) is 4.79 Å². The van der Waals surface area contributed by atoms with Gasteiger partial charge in [-0.3, -0.25) is 9.59 Å². The van der Waals surface area contributed by atoms with Gasteiger partial charge in [-0.05, 0) is 12.3 Å². The van der Waals surface area contributed by atoms with Crippen molar-refractivity contribution >= 4 is 29.5 Å². The first-order valence-corrected chi connectivity index (χ1v) is 8.04. The van der Waals surface area contributed by atoms with E-state index in [0.29, 0.717) is 18.2 Å². The highest BCUT2D eigenvalue weighted by Gasteiger charge is 2.39. The van der Waals surface area contributed by atoms with Crippen LogP contribution in [0.3, 0.4) is 0 Å². The SMILES string of the molecule is CC1CC1C(=O)NCCC(=O)N1CCSCC1C(=O)O. The summed E-state index contributed by atoms with van der Waals surface area (Å²) in [5.41, 5.74) is 0. The number of aliphatic carboxylic acids is 1. The van der Waals surface area contributed by atoms with Gasteiger partial charge >= 0.3 is 5.97 Å². The van der Waals surface area contributed by atoms with E-state index >= 15 is 0 Å². The first kappa shape index (κ1) is 15.2. The molecule has 3 atom stereocenters. The average molecular weight is 300 g/mol. The van der Waals surface area contributed by atoms with Crippen LogP contribution >= 0.6 is 11.8 Å². The summed E-state index contributed by atoms with van der Waals surface area (Å²) in [6.07, 6.45) is 1.09. The standard InChI is InChI=1S/C13H20N2O4S/c1-8-6-9(8)12(17)14-3-2-11(16)15-4-5-20-7-10(15)13(18)19/h8-10H,2-7H2,1H3,(H,14,17)(H,18,19). The van der Waals surface area contributed by atoms with Crippen molar-refractivity contribution in [3.63, 3.8) is 0 Å². The van der Waals surface area contributed by atoms with Gasteiger partial charge in [0.2, 0.25) is 11.8 Å². The molecule has 7 heteroatoms. The molecule has 1 saturated carbocycles. The van der Waals surface area contributed by atoms with Crippen molar-refractivity contribution in [2.75, 3.05) is 24.6 Å². The van der Waals surface area contributed by atoms with Gasteiger partial charge in [-0.1, -0.05) is 6.92 Å². The molecule has 1 aliphatic heterocycles. The highest BCUT2D eigenvalue weighted by molar-refractivity contribution is 7.99. The first-order chi connectivity index (χ1) is 9.50. The van der Waals surface area contributed by atoms with Crippen molar-refractivity contribution in [2.24, 2.45) is 11.8 Å². The number of thioether (sulfide) groups is 1. The lowest BCUT2D eigenvalue weighted by Crippen LogP contribution is -2.50. The summed E-state index contributed by atoms with van der Waals surface area (Å²) in [5.74, 6) is 0.607. The number of amides is 2. The Labute approximate surface area is 122 Å². The normalized spacial score (nSPS) is 28.9. The number of carbonyl (C=O) groups excluding carboxylic acids is 2. The summed E-state index contributed by atoms with van der Waals surface area (Å²) in [6.45, 7) is 2.78. The second kappa shape index (κ2) is 6.47. The van der Waals surface area contributed by atoms with E-state index in [-0.39, 0.29) is 30.7 Å². The lowest BCUT2D eigenvalue weighted by atomic mass is 10.2. The number of carbonyl (C=O) groups is 3. The number of hydrogen-bond acceptors (Lipinski definition) is 4. The van der Waals surface area contributed by atoms with Crippen molar-refractivity contribution in [1.29, 1.82) is 0 Å². The lowest BCUT2D eigenvalue weighted by Gasteiger charge is -2.32. The van der Waals surface area contributed by atoms with Gasteiger partial charge in [0, 0.05) is 36.9 Å². The predicted octanol–water partition coefficient (Wildman–Crippen LogP) is 0.177. The summed E-state index contributed by atoms with van der Waals surface area (Å²) < 4.78 is 0. The summed E-state index contributed by atoms with van der Waals surface area (Å²) >= 11 is 1.55. The van der Waals surface area contributed by atoms with Gasteiger partial charge < -0.3 is 15.3 Å². The second-order valence-corrected chi connectivity index (χ2v) is 6.53. The van der Waals surface area contributed by atoms with Crippen molar-refractivity contribution in [2.45, 2.75) is 25.8 Å². The Hall–Kier alpha value is -1.24. The number of carboxylic acids is 1. The summed E-state index contributed by atoms with van der Waals surface area (Å²) in [6, 6.07) is -0.736. The molecule has 0 radical (unpaired) electrons. The Kier molecular flexibility index (Phi) is 4.91. The van der Waals surface area contributed by atoms with E-state index < -0.39 is 12.0 Å². The molecular weight excluding hydrogens is 280 g/mol. The molecule has 2 aliphatic rings. The van der Waals surface area contributed by atoms with Gasteiger partial charge in [0.25, 0.3) is 0 Å². The molecule has 0 aromatic rings. The Morgan fingerprint density at radius 2 is 2.10 bits per heavy atom. The van der Waals surface area contributed by atoms with Crippen LogP contribution in [0.15, 0.2) is 0 Å². The van der Waals surface area contributed by atoms with Crippen molar-refractivity contribution in [1.82, 2.24) is 10.2 Å². The third kappa shape index (κ3) is 3.65. The van der Waals surface area contributed by atoms with Crippen LogP contribution in [0.5, 0.6) is 0 Å². The van der Waals surface area contributed by atoms with Gasteiger partial charge in [-0.15, -0.1) is 0 Å². The summed E-state index contributed by atoms with van der Waals surface area (Å²) in [5, 5.41) is 11.9. The molecule has 3 unspecified atom stereocenters. The first-order valence-electron chi connectivity index (χ1n) is 6.88. The molecule has 2 N–H and O–H groups in total. The lowest BCUT2D eigenvalue weighted by molar-refractivity contribution is -0.149. The maximum Gasteiger partial charge on any atom is 0.327 e. The molecular formula is C13H20N2O4S. The van der Waals surface area contributed by atoms with Crippen molar-refractivity contribution in [3.8, 4) is 0 Å². The third-order valence-corrected chi connectivity index (χ3v) is 4.84. The maximum atomic E-state index is 12.0. The Bertz CT molecular complexity index is 415. The molecule has 1 aliphatic carbocycles. The smallest absolute Gasteiger partial charge is 0.327 e. The van der Waals surface area contributed by atoms with Crippen LogP contribution in [0.4, 0.5) is 0 Å². The molecule has 0 bridgehead atoms. The van der Waals surface area contributed by atoms with E-state index in [4.69, 9.17) is 5.11 Å². The van der Waals surface area contributed by atoms with Gasteiger partial charge in [0.05, 0.1) is 0 Å². The van der Waals surface area contributed by atoms with E-state index in [1.807, 2.05) is 6.92 Å². The largest absolute Gasteiger partial charge is 0.480 e. The topological polar surface area (TPSA) is 86.7 Å². The van der Waals surface area contributed by atoms with Gasteiger partial charge in [-0.2, -0.15) is 11.8 Å². The third-order valence-electron chi connectivity index (χ3n) is 3.82. The minimum Gasteiger partial charge on any atom is -0.480 e. The molecule has 2 fully saturated rings. The maximum absolute atomic E-state index is 12.0. The molecule has 1 saturated heterocycles. The van der Waals surface area contributed by atoms with Crippen LogP contribution in [0, 0.1) is 11.8 Å². The fourth-order valence-electron chi connectivity index (χ4n) is 2.36. The zero-order valence-corrected chi connectivity index (χ0v) is 12.3. The summed E-state index contributed by atoms with van der Waals surface area (Å²) in [7, 11) is 0. The van der Waals surface area contributed by atoms with E-state index in [9.17, 15) is 14.4 Å². The Morgan fingerprint density at radius 3 is 2.70 bits per heavy atom. The van der Waals surface area contributed by atoms with Crippen molar-refractivity contribution < 1.29 is 19.5 Å². The highest BCUT2D eigenvalue weighted by atomic mass is 32.2. The minimum absolute atomic E-state index is 0.00860. The summed E-state index contributed by atoms with van der Waals surface area (Å²) in [4.78, 5) is 36.2. The Balaban J connectivity index is 1.75. The number of rotatable bonds is 5. The highest BCUT2D eigenvalue weighted by Crippen LogP contribution is 2.37. The van der Waals surface area contributed by atoms with E-state index in [1.54, 1.807) is 11.8 Å². The van der Waals surface area contributed by atoms with E-state index in [1.165, 1.54) is 4.90 Å². The fraction of sp³-hybridized carbons (Fsp3) is 0.769. The van der Waals surface area contributed by atoms with Crippen LogP contribution in [0.25, 0.3) is 0 Å². The van der Waals surface area contributed by atoms with Crippen molar-refractivity contribution in [3.05, 3.63) is 0 Å². The molecule has 2 rings (SSSR count). The van der Waals surface area contributed by atoms with Gasteiger partial charge in [0.15, 0.2) is 0 Å². The van der Waals surface area contributed by atoms with Crippen LogP contribution in [0.2, 0.25) is 0 Å². The molecule has 20 heavy (non-hydrogen) atoms. The van der Waals surface area contributed by atoms with Gasteiger partial charge in [0.1, 0.15) is 6.04 Å². The zero-order valence-electron chi connectivity index (χ0n) is 11.5. The predicted molar refractivity (Wildman–Crippen MR) is 75.4 cm³/mol. The number of carboxylic acid groups (broad SMARTS) is 1. The molecule has 112 valence electrons. The van der Waals surface area contributed by atoms with Crippen LogP contribution < -0.4 is 5.32 Å². The quantitative estimate of drug-likeness (QED) is 0.756. The van der Waals surface area contributed by atoms with E-state index in [2.05, 4.69) is 5.32 Å². The van der Waals surface area contributed by atoms with Crippen LogP contribution in [-0.2, 0) is 14.4 Å². The molecule has 0 aromatic carbocycles. The zero-order chi connectivity index (χ0) is 14.7. The second-order valence-electron chi connectivity index (χ2n) is 5.38. The minimum atomic E-state index is -0.957. The molecule has 0 aromatic heterocycles. The molecule has 1 heterocycles. The monoisotopic (exact) mass is 300 g/mol. The number of hydrogen-bond donors (Lipinski definition) is 2. The molecule has 2 amide bonds. The number of nitrogens with zero attached hydrogens (tertiary/aromatic N) is 1. The van der Waals surface area contributed by atoms with E-state index in [0.717, 1.165) is 12.2 Å². The molecule has 6 nitrogen and oxygen atoms in total. The average Bonchev–Trinajstić information content (AvgIpc) is 3.15. The van der Waals surface area contributed by atoms with Crippen LogP contribution in [-0.4, -0.2) is 58.4 Å². The Morgan fingerprint density at radius 1 is 1.40 bits per heavy atom. The molecule has 0 spiro atoms. The fourth-order valence-corrected chi connectivity index (χ4v) is 3.40. The van der Waals surface area contributed by atoms with Crippen LogP contribution in [0.1, 0.15) is 19.8 Å². The number of nitrogens with one attached hydrogen (secondary N) is 1.